The number of rotatable bonds is 2. The fraction of sp³-hybridized carbons (Fsp3) is 0.571. The summed E-state index contributed by atoms with van der Waals surface area (Å²) in [4.78, 5) is 2.51. The zero-order chi connectivity index (χ0) is 12.1. The van der Waals surface area contributed by atoms with E-state index in [1.165, 1.54) is 50.8 Å². The Labute approximate surface area is 109 Å². The summed E-state index contributed by atoms with van der Waals surface area (Å²) < 4.78 is 0. The van der Waals surface area contributed by atoms with Gasteiger partial charge in [-0.2, -0.15) is 0 Å². The first kappa shape index (κ1) is 12.7. The van der Waals surface area contributed by atoms with E-state index < -0.39 is 0 Å². The number of likely N-dealkylation sites (tertiary alicyclic amines) is 1. The molecule has 2 rings (SSSR count). The van der Waals surface area contributed by atoms with Gasteiger partial charge in [0.25, 0.3) is 0 Å². The number of nitrogens with zero attached hydrogens (tertiary/aromatic N) is 1. The van der Waals surface area contributed by atoms with Crippen molar-refractivity contribution in [3.8, 4) is 0 Å². The lowest BCUT2D eigenvalue weighted by Gasteiger charge is -2.25. The quantitative estimate of drug-likeness (QED) is 0.814. The molecule has 2 N–H and O–H groups in total. The zero-order valence-electron chi connectivity index (χ0n) is 10.3. The lowest BCUT2D eigenvalue weighted by Crippen LogP contribution is -2.27. The summed E-state index contributed by atoms with van der Waals surface area (Å²) in [6.07, 6.45) is 6.76. The second kappa shape index (κ2) is 6.27. The predicted molar refractivity (Wildman–Crippen MR) is 74.2 cm³/mol. The molecule has 0 aliphatic carbocycles. The molecule has 0 saturated carbocycles. The third kappa shape index (κ3) is 3.90. The van der Waals surface area contributed by atoms with E-state index in [-0.39, 0.29) is 0 Å². The maximum atomic E-state index is 6.00. The van der Waals surface area contributed by atoms with Crippen molar-refractivity contribution >= 4 is 17.3 Å². The number of nitrogen functional groups attached to an aromatic ring is 1. The van der Waals surface area contributed by atoms with Crippen molar-refractivity contribution in [2.45, 2.75) is 38.6 Å². The first-order valence-corrected chi connectivity index (χ1v) is 6.90. The second-order valence-corrected chi connectivity index (χ2v) is 5.32. The van der Waals surface area contributed by atoms with Gasteiger partial charge in [-0.15, -0.1) is 0 Å². The Balaban J connectivity index is 1.98. The highest BCUT2D eigenvalue weighted by Crippen LogP contribution is 2.21. The van der Waals surface area contributed by atoms with Crippen LogP contribution in [0.1, 0.15) is 37.7 Å². The molecular weight excluding hydrogens is 232 g/mol. The van der Waals surface area contributed by atoms with Gasteiger partial charge in [0.15, 0.2) is 0 Å². The molecule has 0 spiro atoms. The monoisotopic (exact) mass is 252 g/mol. The molecule has 1 aliphatic heterocycles. The summed E-state index contributed by atoms with van der Waals surface area (Å²) in [5.41, 5.74) is 8.02. The SMILES string of the molecule is Nc1cc(Cl)ccc1CN1CCCCCCC1. The Hall–Kier alpha value is -0.730. The van der Waals surface area contributed by atoms with Crippen LogP contribution >= 0.6 is 11.6 Å². The van der Waals surface area contributed by atoms with E-state index in [1.807, 2.05) is 12.1 Å². The van der Waals surface area contributed by atoms with Crippen molar-refractivity contribution in [2.24, 2.45) is 0 Å². The van der Waals surface area contributed by atoms with Crippen LogP contribution in [0.25, 0.3) is 0 Å². The van der Waals surface area contributed by atoms with Gasteiger partial charge in [0.1, 0.15) is 0 Å². The molecule has 0 amide bonds. The van der Waals surface area contributed by atoms with Crippen molar-refractivity contribution in [1.82, 2.24) is 4.90 Å². The molecule has 17 heavy (non-hydrogen) atoms. The van der Waals surface area contributed by atoms with Gasteiger partial charge in [-0.1, -0.05) is 36.9 Å². The van der Waals surface area contributed by atoms with Crippen molar-refractivity contribution < 1.29 is 0 Å². The first-order chi connectivity index (χ1) is 8.25. The van der Waals surface area contributed by atoms with Gasteiger partial charge in [0, 0.05) is 17.3 Å². The smallest absolute Gasteiger partial charge is 0.0426 e. The van der Waals surface area contributed by atoms with Crippen LogP contribution in [-0.2, 0) is 6.54 Å². The van der Waals surface area contributed by atoms with Crippen LogP contribution in [-0.4, -0.2) is 18.0 Å². The molecular formula is C14H21ClN2. The third-order valence-corrected chi connectivity index (χ3v) is 3.69. The third-order valence-electron chi connectivity index (χ3n) is 3.45. The van der Waals surface area contributed by atoms with Gasteiger partial charge in [-0.25, -0.2) is 0 Å². The topological polar surface area (TPSA) is 29.3 Å². The molecule has 1 aliphatic rings. The summed E-state index contributed by atoms with van der Waals surface area (Å²) >= 11 is 5.91. The van der Waals surface area contributed by atoms with Crippen LogP contribution in [0.2, 0.25) is 5.02 Å². The molecule has 1 aromatic rings. The molecule has 3 heteroatoms. The van der Waals surface area contributed by atoms with E-state index in [4.69, 9.17) is 17.3 Å². The number of benzene rings is 1. The van der Waals surface area contributed by atoms with Crippen molar-refractivity contribution in [2.75, 3.05) is 18.8 Å². The van der Waals surface area contributed by atoms with Crippen LogP contribution in [0.5, 0.6) is 0 Å². The number of nitrogens with two attached hydrogens (primary N) is 1. The van der Waals surface area contributed by atoms with Crippen LogP contribution in [0, 0.1) is 0 Å². The average molecular weight is 253 g/mol. The summed E-state index contributed by atoms with van der Waals surface area (Å²) in [5, 5.41) is 0.721. The molecule has 0 unspecified atom stereocenters. The predicted octanol–water partition coefficient (Wildman–Crippen LogP) is 3.69. The van der Waals surface area contributed by atoms with E-state index in [1.54, 1.807) is 0 Å². The van der Waals surface area contributed by atoms with Crippen molar-refractivity contribution in [1.29, 1.82) is 0 Å². The molecule has 0 radical (unpaired) electrons. The molecule has 0 aromatic heterocycles. The summed E-state index contributed by atoms with van der Waals surface area (Å²) in [5.74, 6) is 0. The fourth-order valence-corrected chi connectivity index (χ4v) is 2.60. The molecule has 1 saturated heterocycles. The molecule has 94 valence electrons. The van der Waals surface area contributed by atoms with E-state index in [0.29, 0.717) is 0 Å². The zero-order valence-corrected chi connectivity index (χ0v) is 11.0. The number of hydrogen-bond acceptors (Lipinski definition) is 2. The van der Waals surface area contributed by atoms with Gasteiger partial charge in [-0.3, -0.25) is 4.90 Å². The molecule has 0 atom stereocenters. The normalized spacial score (nSPS) is 18.6. The minimum absolute atomic E-state index is 0.721. The highest BCUT2D eigenvalue weighted by molar-refractivity contribution is 6.30. The average Bonchev–Trinajstić information content (AvgIpc) is 2.25. The Morgan fingerprint density at radius 2 is 1.71 bits per heavy atom. The Morgan fingerprint density at radius 1 is 1.06 bits per heavy atom. The number of hydrogen-bond donors (Lipinski definition) is 1. The lowest BCUT2D eigenvalue weighted by molar-refractivity contribution is 0.240. The standard InChI is InChI=1S/C14H21ClN2/c15-13-7-6-12(14(16)10-13)11-17-8-4-2-1-3-5-9-17/h6-7,10H,1-5,8-9,11,16H2. The fourth-order valence-electron chi connectivity index (χ4n) is 2.42. The van der Waals surface area contributed by atoms with E-state index >= 15 is 0 Å². The van der Waals surface area contributed by atoms with E-state index in [0.717, 1.165) is 17.3 Å². The summed E-state index contributed by atoms with van der Waals surface area (Å²) in [7, 11) is 0. The molecule has 1 aromatic carbocycles. The van der Waals surface area contributed by atoms with Crippen LogP contribution in [0.3, 0.4) is 0 Å². The van der Waals surface area contributed by atoms with Gasteiger partial charge in [0.05, 0.1) is 0 Å². The van der Waals surface area contributed by atoms with E-state index in [2.05, 4.69) is 11.0 Å². The molecule has 1 heterocycles. The highest BCUT2D eigenvalue weighted by atomic mass is 35.5. The van der Waals surface area contributed by atoms with E-state index in [9.17, 15) is 0 Å². The highest BCUT2D eigenvalue weighted by Gasteiger charge is 2.10. The second-order valence-electron chi connectivity index (χ2n) is 4.89. The Kier molecular flexibility index (Phi) is 4.69. The first-order valence-electron chi connectivity index (χ1n) is 6.52. The van der Waals surface area contributed by atoms with Crippen LogP contribution in [0.4, 0.5) is 5.69 Å². The lowest BCUT2D eigenvalue weighted by atomic mass is 10.1. The Morgan fingerprint density at radius 3 is 2.35 bits per heavy atom. The summed E-state index contributed by atoms with van der Waals surface area (Å²) in [6, 6.07) is 5.83. The van der Waals surface area contributed by atoms with Crippen molar-refractivity contribution in [3.63, 3.8) is 0 Å². The number of anilines is 1. The molecule has 1 fully saturated rings. The molecule has 0 bridgehead atoms. The minimum Gasteiger partial charge on any atom is -0.398 e. The van der Waals surface area contributed by atoms with Crippen LogP contribution in [0.15, 0.2) is 18.2 Å². The van der Waals surface area contributed by atoms with Gasteiger partial charge in [-0.05, 0) is 43.6 Å². The maximum absolute atomic E-state index is 6.00. The van der Waals surface area contributed by atoms with Gasteiger partial charge in [0.2, 0.25) is 0 Å². The number of halogens is 1. The Bertz CT molecular complexity index is 357. The largest absolute Gasteiger partial charge is 0.398 e. The molecule has 2 nitrogen and oxygen atoms in total. The van der Waals surface area contributed by atoms with Crippen LogP contribution < -0.4 is 5.73 Å². The maximum Gasteiger partial charge on any atom is 0.0426 e. The van der Waals surface area contributed by atoms with Gasteiger partial charge < -0.3 is 5.73 Å². The van der Waals surface area contributed by atoms with Crippen molar-refractivity contribution in [3.05, 3.63) is 28.8 Å². The minimum atomic E-state index is 0.721. The van der Waals surface area contributed by atoms with Gasteiger partial charge >= 0.3 is 0 Å². The summed E-state index contributed by atoms with van der Waals surface area (Å²) in [6.45, 7) is 3.35.